The Balaban J connectivity index is 2.83. The predicted molar refractivity (Wildman–Crippen MR) is 35.0 cm³/mol. The Morgan fingerprint density at radius 2 is 2.44 bits per heavy atom. The molecule has 0 saturated heterocycles. The lowest BCUT2D eigenvalue weighted by Crippen LogP contribution is -2.19. The van der Waals surface area contributed by atoms with Gasteiger partial charge in [-0.25, -0.2) is 4.21 Å². The van der Waals surface area contributed by atoms with Crippen LogP contribution in [0.4, 0.5) is 0 Å². The van der Waals surface area contributed by atoms with Crippen molar-refractivity contribution in [3.05, 3.63) is 0 Å². The summed E-state index contributed by atoms with van der Waals surface area (Å²) in [6.07, 6.45) is 0.916. The molecule has 0 heterocycles. The fraction of sp³-hybridized carbons (Fsp3) is 1.00. The molecule has 0 fully saturated rings. The minimum absolute atomic E-state index is 0.136. The SMILES string of the molecule is CCCOCNS(=O)O. The maximum Gasteiger partial charge on any atom is 0.233 e. The number of hydrogen-bond acceptors (Lipinski definition) is 2. The molecule has 1 unspecified atom stereocenters. The van der Waals surface area contributed by atoms with E-state index in [1.807, 2.05) is 6.92 Å². The third-order valence-corrected chi connectivity index (χ3v) is 0.998. The van der Waals surface area contributed by atoms with Crippen LogP contribution in [0.3, 0.4) is 0 Å². The van der Waals surface area contributed by atoms with E-state index in [2.05, 4.69) is 4.72 Å². The quantitative estimate of drug-likeness (QED) is 0.334. The Morgan fingerprint density at radius 1 is 1.78 bits per heavy atom. The van der Waals surface area contributed by atoms with Gasteiger partial charge in [-0.05, 0) is 6.42 Å². The van der Waals surface area contributed by atoms with Gasteiger partial charge in [0.25, 0.3) is 0 Å². The van der Waals surface area contributed by atoms with Crippen LogP contribution >= 0.6 is 0 Å². The summed E-state index contributed by atoms with van der Waals surface area (Å²) in [6, 6.07) is 0. The van der Waals surface area contributed by atoms with Crippen LogP contribution < -0.4 is 4.72 Å². The van der Waals surface area contributed by atoms with Crippen molar-refractivity contribution in [1.29, 1.82) is 0 Å². The first-order valence-corrected chi connectivity index (χ1v) is 3.80. The van der Waals surface area contributed by atoms with Gasteiger partial charge in [0.2, 0.25) is 11.3 Å². The Hall–Kier alpha value is 0.0300. The molecule has 0 rings (SSSR count). The second-order valence-electron chi connectivity index (χ2n) is 1.45. The summed E-state index contributed by atoms with van der Waals surface area (Å²) >= 11 is -1.94. The van der Waals surface area contributed by atoms with E-state index >= 15 is 0 Å². The molecule has 0 radical (unpaired) electrons. The third kappa shape index (κ3) is 8.03. The summed E-state index contributed by atoms with van der Waals surface area (Å²) in [5, 5.41) is 0. The van der Waals surface area contributed by atoms with Crippen molar-refractivity contribution >= 4 is 11.3 Å². The molecular weight excluding hydrogens is 142 g/mol. The van der Waals surface area contributed by atoms with Crippen LogP contribution in [-0.4, -0.2) is 22.1 Å². The summed E-state index contributed by atoms with van der Waals surface area (Å²) in [4.78, 5) is 0. The van der Waals surface area contributed by atoms with Crippen molar-refractivity contribution in [1.82, 2.24) is 4.72 Å². The molecule has 0 amide bonds. The Morgan fingerprint density at radius 3 is 2.89 bits per heavy atom. The third-order valence-electron chi connectivity index (χ3n) is 0.633. The largest absolute Gasteiger partial charge is 0.365 e. The highest BCUT2D eigenvalue weighted by atomic mass is 32.2. The monoisotopic (exact) mass is 153 g/mol. The Kier molecular flexibility index (Phi) is 6.18. The number of ether oxygens (including phenoxy) is 1. The lowest BCUT2D eigenvalue weighted by molar-refractivity contribution is 0.131. The fourth-order valence-corrected chi connectivity index (χ4v) is 0.493. The van der Waals surface area contributed by atoms with Crippen molar-refractivity contribution in [2.45, 2.75) is 13.3 Å². The van der Waals surface area contributed by atoms with E-state index in [-0.39, 0.29) is 6.73 Å². The lowest BCUT2D eigenvalue weighted by atomic mass is 10.5. The molecule has 0 aliphatic heterocycles. The van der Waals surface area contributed by atoms with Gasteiger partial charge >= 0.3 is 0 Å². The van der Waals surface area contributed by atoms with E-state index in [0.29, 0.717) is 6.61 Å². The van der Waals surface area contributed by atoms with Crippen LogP contribution in [0.2, 0.25) is 0 Å². The van der Waals surface area contributed by atoms with Crippen molar-refractivity contribution in [3.8, 4) is 0 Å². The van der Waals surface area contributed by atoms with Crippen LogP contribution in [0.25, 0.3) is 0 Å². The molecule has 4 nitrogen and oxygen atoms in total. The molecule has 5 heteroatoms. The molecule has 1 atom stereocenters. The van der Waals surface area contributed by atoms with E-state index in [4.69, 9.17) is 9.29 Å². The molecule has 0 bridgehead atoms. The van der Waals surface area contributed by atoms with Gasteiger partial charge in [-0.15, -0.1) is 0 Å². The van der Waals surface area contributed by atoms with Crippen LogP contribution in [0.1, 0.15) is 13.3 Å². The molecule has 56 valence electrons. The average Bonchev–Trinajstić information content (AvgIpc) is 1.80. The Bertz CT molecular complexity index is 87.9. The summed E-state index contributed by atoms with van der Waals surface area (Å²) < 4.78 is 25.0. The minimum atomic E-state index is -1.94. The molecule has 0 aromatic rings. The molecular formula is C4H11NO3S. The zero-order valence-electron chi connectivity index (χ0n) is 5.29. The van der Waals surface area contributed by atoms with E-state index in [9.17, 15) is 4.21 Å². The average molecular weight is 153 g/mol. The maximum absolute atomic E-state index is 9.88. The van der Waals surface area contributed by atoms with E-state index in [1.165, 1.54) is 0 Å². The van der Waals surface area contributed by atoms with E-state index in [0.717, 1.165) is 6.42 Å². The van der Waals surface area contributed by atoms with Crippen LogP contribution in [-0.2, 0) is 16.0 Å². The lowest BCUT2D eigenvalue weighted by Gasteiger charge is -1.99. The first-order chi connectivity index (χ1) is 4.27. The highest BCUT2D eigenvalue weighted by Gasteiger charge is 1.88. The minimum Gasteiger partial charge on any atom is -0.365 e. The van der Waals surface area contributed by atoms with Crippen LogP contribution in [0.5, 0.6) is 0 Å². The highest BCUT2D eigenvalue weighted by molar-refractivity contribution is 7.77. The second kappa shape index (κ2) is 6.15. The number of nitrogens with one attached hydrogen (secondary N) is 1. The van der Waals surface area contributed by atoms with Crippen LogP contribution in [0.15, 0.2) is 0 Å². The van der Waals surface area contributed by atoms with E-state index < -0.39 is 11.3 Å². The smallest absolute Gasteiger partial charge is 0.233 e. The molecule has 0 aromatic carbocycles. The molecule has 0 spiro atoms. The summed E-state index contributed by atoms with van der Waals surface area (Å²) in [5.41, 5.74) is 0. The van der Waals surface area contributed by atoms with E-state index in [1.54, 1.807) is 0 Å². The Labute approximate surface area is 57.0 Å². The molecule has 0 aliphatic carbocycles. The predicted octanol–water partition coefficient (Wildman–Crippen LogP) is 0.0968. The van der Waals surface area contributed by atoms with Crippen molar-refractivity contribution in [2.75, 3.05) is 13.3 Å². The van der Waals surface area contributed by atoms with Gasteiger partial charge in [0.15, 0.2) is 0 Å². The standard InChI is InChI=1S/C4H11NO3S/c1-2-3-8-4-5-9(6)7/h5H,2-4H2,1H3,(H,6,7). The van der Waals surface area contributed by atoms with Gasteiger partial charge in [0.1, 0.15) is 6.73 Å². The van der Waals surface area contributed by atoms with Gasteiger partial charge < -0.3 is 4.74 Å². The molecule has 2 N–H and O–H groups in total. The number of hydrogen-bond donors (Lipinski definition) is 2. The maximum atomic E-state index is 9.88. The van der Waals surface area contributed by atoms with Crippen molar-refractivity contribution in [3.63, 3.8) is 0 Å². The molecule has 0 aromatic heterocycles. The second-order valence-corrected chi connectivity index (χ2v) is 2.23. The first kappa shape index (κ1) is 9.03. The topological polar surface area (TPSA) is 58.6 Å². The number of rotatable bonds is 5. The van der Waals surface area contributed by atoms with Crippen molar-refractivity contribution in [2.24, 2.45) is 0 Å². The van der Waals surface area contributed by atoms with Gasteiger partial charge in [-0.3, -0.25) is 4.55 Å². The fourth-order valence-electron chi connectivity index (χ4n) is 0.309. The van der Waals surface area contributed by atoms with Gasteiger partial charge in [-0.2, -0.15) is 4.72 Å². The highest BCUT2D eigenvalue weighted by Crippen LogP contribution is 1.76. The first-order valence-electron chi connectivity index (χ1n) is 2.69. The molecule has 9 heavy (non-hydrogen) atoms. The van der Waals surface area contributed by atoms with Crippen LogP contribution in [0, 0.1) is 0 Å². The molecule has 0 saturated carbocycles. The normalized spacial score (nSPS) is 13.6. The summed E-state index contributed by atoms with van der Waals surface area (Å²) in [6.45, 7) is 2.72. The zero-order valence-corrected chi connectivity index (χ0v) is 6.11. The van der Waals surface area contributed by atoms with Gasteiger partial charge in [0.05, 0.1) is 0 Å². The summed E-state index contributed by atoms with van der Waals surface area (Å²) in [7, 11) is 0. The zero-order chi connectivity index (χ0) is 7.11. The summed E-state index contributed by atoms with van der Waals surface area (Å²) in [5.74, 6) is 0. The van der Waals surface area contributed by atoms with Gasteiger partial charge in [0, 0.05) is 6.61 Å². The van der Waals surface area contributed by atoms with Crippen molar-refractivity contribution < 1.29 is 13.5 Å². The molecule has 0 aliphatic rings. The van der Waals surface area contributed by atoms with Gasteiger partial charge in [-0.1, -0.05) is 6.92 Å².